The fourth-order valence-electron chi connectivity index (χ4n) is 3.74. The average molecular weight is 642 g/mol. The average Bonchev–Trinajstić information content (AvgIpc) is 2.86. The van der Waals surface area contributed by atoms with Crippen molar-refractivity contribution in [3.8, 4) is 23.0 Å². The lowest BCUT2D eigenvalue weighted by Gasteiger charge is -2.19. The van der Waals surface area contributed by atoms with Crippen molar-refractivity contribution < 1.29 is 88.6 Å². The summed E-state index contributed by atoms with van der Waals surface area (Å²) in [4.78, 5) is 45.5. The van der Waals surface area contributed by atoms with Crippen molar-refractivity contribution in [1.29, 1.82) is 0 Å². The van der Waals surface area contributed by atoms with Crippen LogP contribution in [0.3, 0.4) is 0 Å². The predicted octanol–water partition coefficient (Wildman–Crippen LogP) is 7.12. The fourth-order valence-corrected chi connectivity index (χ4v) is 3.74. The topological polar surface area (TPSA) is 168 Å². The minimum atomic E-state index is -5.51. The number of hydrogen-bond acceptors (Lipinski definition) is 6. The Labute approximate surface area is 236 Å². The van der Waals surface area contributed by atoms with Gasteiger partial charge in [-0.15, -0.1) is 0 Å². The van der Waals surface area contributed by atoms with Gasteiger partial charge in [-0.1, -0.05) is 0 Å². The van der Waals surface area contributed by atoms with E-state index in [1.807, 2.05) is 0 Å². The van der Waals surface area contributed by atoms with Gasteiger partial charge in [-0.05, 0) is 42.5 Å². The molecular weight excluding hydrogens is 631 g/mol. The highest BCUT2D eigenvalue weighted by Crippen LogP contribution is 2.44. The second-order valence-corrected chi connectivity index (χ2v) is 8.36. The number of ether oxygens (including phenoxy) is 2. The van der Waals surface area contributed by atoms with Gasteiger partial charge >= 0.3 is 42.4 Å². The zero-order chi connectivity index (χ0) is 33.5. The van der Waals surface area contributed by atoms with Gasteiger partial charge in [0.15, 0.2) is 0 Å². The van der Waals surface area contributed by atoms with Crippen LogP contribution in [0.5, 0.6) is 23.0 Å². The molecule has 44 heavy (non-hydrogen) atoms. The first-order valence-electron chi connectivity index (χ1n) is 11.0. The first-order valence-corrected chi connectivity index (χ1v) is 11.0. The molecule has 0 bridgehead atoms. The Kier molecular flexibility index (Phi) is 8.48. The van der Waals surface area contributed by atoms with E-state index in [-0.39, 0.29) is 30.3 Å². The Morgan fingerprint density at radius 1 is 0.477 bits per heavy atom. The van der Waals surface area contributed by atoms with E-state index < -0.39 is 104 Å². The Morgan fingerprint density at radius 2 is 0.841 bits per heavy atom. The standard InChI is InChI=1S/C25H11F9O10/c26-23(27,28)13-5-8(43-9-3-11(19(35)36)17(21(39)40)14(6-9)24(29,30)31)1-2-16(13)44-10-4-12(20(37)38)18(22(41)42)15(7-10)25(32,33)34/h1-7H,(H,35,36)(H,37,38)(H,39,40)(H,41,42). The summed E-state index contributed by atoms with van der Waals surface area (Å²) in [6.07, 6.45) is -16.4. The number of carbonyl (C=O) groups is 4. The number of halogens is 9. The minimum absolute atomic E-state index is 0.00364. The van der Waals surface area contributed by atoms with Crippen molar-refractivity contribution in [3.63, 3.8) is 0 Å². The molecule has 0 aromatic heterocycles. The molecular formula is C25H11F9O10. The largest absolute Gasteiger partial charge is 0.478 e. The molecule has 0 atom stereocenters. The molecule has 0 fully saturated rings. The number of hydrogen-bond donors (Lipinski definition) is 4. The van der Waals surface area contributed by atoms with E-state index in [2.05, 4.69) is 0 Å². The van der Waals surface area contributed by atoms with E-state index in [9.17, 15) is 68.9 Å². The van der Waals surface area contributed by atoms with Crippen LogP contribution in [0.4, 0.5) is 39.5 Å². The second-order valence-electron chi connectivity index (χ2n) is 8.36. The maximum Gasteiger partial charge on any atom is 0.420 e. The zero-order valence-corrected chi connectivity index (χ0v) is 20.7. The maximum absolute atomic E-state index is 13.9. The number of rotatable bonds is 8. The van der Waals surface area contributed by atoms with Crippen LogP contribution in [0.2, 0.25) is 0 Å². The monoisotopic (exact) mass is 642 g/mol. The zero-order valence-electron chi connectivity index (χ0n) is 20.7. The first kappa shape index (κ1) is 33.0. The Morgan fingerprint density at radius 3 is 1.18 bits per heavy atom. The summed E-state index contributed by atoms with van der Waals surface area (Å²) < 4.78 is 132. The van der Waals surface area contributed by atoms with Gasteiger partial charge in [-0.25, -0.2) is 19.2 Å². The number of benzene rings is 3. The van der Waals surface area contributed by atoms with E-state index in [0.29, 0.717) is 12.1 Å². The minimum Gasteiger partial charge on any atom is -0.478 e. The summed E-state index contributed by atoms with van der Waals surface area (Å²) in [7, 11) is 0. The van der Waals surface area contributed by atoms with Gasteiger partial charge in [0.25, 0.3) is 0 Å². The molecule has 0 aliphatic rings. The van der Waals surface area contributed by atoms with E-state index in [1.54, 1.807) is 0 Å². The molecule has 4 N–H and O–H groups in total. The molecule has 0 spiro atoms. The summed E-state index contributed by atoms with van der Waals surface area (Å²) in [5, 5.41) is 36.6. The maximum atomic E-state index is 13.9. The molecule has 0 radical (unpaired) electrons. The van der Waals surface area contributed by atoms with Crippen LogP contribution in [0.15, 0.2) is 42.5 Å². The normalized spacial score (nSPS) is 12.0. The summed E-state index contributed by atoms with van der Waals surface area (Å²) in [6.45, 7) is 0. The van der Waals surface area contributed by atoms with Crippen LogP contribution in [-0.2, 0) is 18.5 Å². The number of aromatic carboxylic acids is 4. The molecule has 234 valence electrons. The van der Waals surface area contributed by atoms with Crippen molar-refractivity contribution >= 4 is 23.9 Å². The molecule has 0 saturated carbocycles. The van der Waals surface area contributed by atoms with Crippen molar-refractivity contribution in [3.05, 3.63) is 81.4 Å². The molecule has 10 nitrogen and oxygen atoms in total. The highest BCUT2D eigenvalue weighted by Gasteiger charge is 2.41. The first-order chi connectivity index (χ1) is 20.0. The number of alkyl halides is 9. The molecule has 0 aliphatic carbocycles. The third-order valence-electron chi connectivity index (χ3n) is 5.44. The smallest absolute Gasteiger partial charge is 0.420 e. The SMILES string of the molecule is O=C(O)c1cc(Oc2ccc(Oc3cc(C(=O)O)c(C(=O)O)c(C(F)(F)F)c3)c(C(F)(F)F)c2)cc(C(F)(F)F)c1C(=O)O. The molecule has 3 rings (SSSR count). The van der Waals surface area contributed by atoms with Crippen molar-refractivity contribution in [2.24, 2.45) is 0 Å². The molecule has 0 unspecified atom stereocenters. The second kappa shape index (κ2) is 11.3. The van der Waals surface area contributed by atoms with Gasteiger partial charge < -0.3 is 29.9 Å². The fraction of sp³-hybridized carbons (Fsp3) is 0.120. The van der Waals surface area contributed by atoms with Gasteiger partial charge in [0, 0.05) is 0 Å². The Hall–Kier alpha value is -5.49. The van der Waals surface area contributed by atoms with Crippen LogP contribution in [-0.4, -0.2) is 44.3 Å². The molecule has 3 aromatic rings. The predicted molar refractivity (Wildman–Crippen MR) is 122 cm³/mol. The van der Waals surface area contributed by atoms with E-state index in [0.717, 1.165) is 0 Å². The van der Waals surface area contributed by atoms with Crippen molar-refractivity contribution in [1.82, 2.24) is 0 Å². The van der Waals surface area contributed by atoms with Crippen LogP contribution in [0, 0.1) is 0 Å². The Balaban J connectivity index is 2.17. The lowest BCUT2D eigenvalue weighted by Crippen LogP contribution is -2.18. The van der Waals surface area contributed by atoms with Crippen LogP contribution in [0.25, 0.3) is 0 Å². The van der Waals surface area contributed by atoms with Crippen LogP contribution >= 0.6 is 0 Å². The lowest BCUT2D eigenvalue weighted by molar-refractivity contribution is -0.139. The van der Waals surface area contributed by atoms with E-state index in [4.69, 9.17) is 19.7 Å². The molecule has 3 aromatic carbocycles. The summed E-state index contributed by atoms with van der Waals surface area (Å²) in [5.41, 5.74) is -12.3. The van der Waals surface area contributed by atoms with Gasteiger partial charge in [0.1, 0.15) is 28.6 Å². The van der Waals surface area contributed by atoms with Gasteiger partial charge in [-0.2, -0.15) is 39.5 Å². The Bertz CT molecular complexity index is 1690. The van der Waals surface area contributed by atoms with E-state index in [1.165, 1.54) is 0 Å². The third-order valence-corrected chi connectivity index (χ3v) is 5.44. The van der Waals surface area contributed by atoms with Crippen LogP contribution < -0.4 is 9.47 Å². The lowest BCUT2D eigenvalue weighted by atomic mass is 9.99. The third kappa shape index (κ3) is 6.93. The van der Waals surface area contributed by atoms with Crippen molar-refractivity contribution in [2.75, 3.05) is 0 Å². The quantitative estimate of drug-likeness (QED) is 0.186. The molecule has 0 saturated heterocycles. The van der Waals surface area contributed by atoms with Gasteiger partial charge in [-0.3, -0.25) is 0 Å². The number of carboxylic acid groups (broad SMARTS) is 4. The summed E-state index contributed by atoms with van der Waals surface area (Å²) >= 11 is 0. The molecule has 0 amide bonds. The summed E-state index contributed by atoms with van der Waals surface area (Å²) in [6, 6.07) is 1.47. The summed E-state index contributed by atoms with van der Waals surface area (Å²) in [5.74, 6) is -13.5. The highest BCUT2D eigenvalue weighted by atomic mass is 19.4. The molecule has 0 aliphatic heterocycles. The highest BCUT2D eigenvalue weighted by molar-refractivity contribution is 6.04. The van der Waals surface area contributed by atoms with E-state index >= 15 is 0 Å². The van der Waals surface area contributed by atoms with Crippen LogP contribution in [0.1, 0.15) is 58.1 Å². The van der Waals surface area contributed by atoms with Gasteiger partial charge in [0.2, 0.25) is 0 Å². The van der Waals surface area contributed by atoms with Crippen molar-refractivity contribution in [2.45, 2.75) is 18.5 Å². The van der Waals surface area contributed by atoms with Gasteiger partial charge in [0.05, 0.1) is 33.4 Å². The molecule has 0 heterocycles. The molecule has 19 heteroatoms. The number of carboxylic acids is 4.